The Kier molecular flexibility index (Phi) is 4.79. The smallest absolute Gasteiger partial charge is 0.131 e. The molecular formula is C14H22BrN3O. The van der Waals surface area contributed by atoms with E-state index in [-0.39, 0.29) is 12.1 Å². The number of hydrogen-bond donors (Lipinski definition) is 2. The lowest BCUT2D eigenvalue weighted by Gasteiger charge is -2.39. The zero-order valence-electron chi connectivity index (χ0n) is 11.6. The molecule has 1 aromatic rings. The van der Waals surface area contributed by atoms with E-state index in [1.807, 2.05) is 13.0 Å². The molecule has 0 aromatic carbocycles. The molecule has 106 valence electrons. The predicted molar refractivity (Wildman–Crippen MR) is 80.2 cm³/mol. The van der Waals surface area contributed by atoms with Gasteiger partial charge < -0.3 is 10.4 Å². The normalized spacial score (nSPS) is 27.3. The van der Waals surface area contributed by atoms with Crippen molar-refractivity contribution in [2.24, 2.45) is 5.92 Å². The van der Waals surface area contributed by atoms with Crippen LogP contribution in [0.4, 0.5) is 5.82 Å². The third kappa shape index (κ3) is 3.66. The number of nitrogens with zero attached hydrogens (tertiary/aromatic N) is 2. The first-order valence-electron chi connectivity index (χ1n) is 6.99. The number of halogens is 1. The standard InChI is InChI=1S/C14H22BrN3O/c1-3-12-16-11(15)8-13(17-12)18-14(9-19)6-4-10(2)5-7-14/h8,10,19H,3-7,9H2,1-2H3,(H,16,17,18). The lowest BCUT2D eigenvalue weighted by atomic mass is 9.77. The summed E-state index contributed by atoms with van der Waals surface area (Å²) in [5, 5.41) is 13.2. The molecule has 0 unspecified atom stereocenters. The summed E-state index contributed by atoms with van der Waals surface area (Å²) in [4.78, 5) is 8.80. The fourth-order valence-electron chi connectivity index (χ4n) is 2.60. The zero-order chi connectivity index (χ0) is 13.9. The molecule has 0 atom stereocenters. The number of aliphatic hydroxyl groups excluding tert-OH is 1. The largest absolute Gasteiger partial charge is 0.394 e. The summed E-state index contributed by atoms with van der Waals surface area (Å²) in [7, 11) is 0. The van der Waals surface area contributed by atoms with E-state index in [0.717, 1.165) is 54.3 Å². The van der Waals surface area contributed by atoms with Crippen LogP contribution in [-0.2, 0) is 6.42 Å². The van der Waals surface area contributed by atoms with Crippen molar-refractivity contribution in [3.8, 4) is 0 Å². The lowest BCUT2D eigenvalue weighted by molar-refractivity contribution is 0.155. The van der Waals surface area contributed by atoms with Crippen LogP contribution in [-0.4, -0.2) is 27.2 Å². The third-order valence-corrected chi connectivity index (χ3v) is 4.39. The van der Waals surface area contributed by atoms with Gasteiger partial charge in [0.2, 0.25) is 0 Å². The maximum Gasteiger partial charge on any atom is 0.131 e. The number of aryl methyl sites for hydroxylation is 1. The van der Waals surface area contributed by atoms with Gasteiger partial charge >= 0.3 is 0 Å². The van der Waals surface area contributed by atoms with E-state index in [1.165, 1.54) is 0 Å². The van der Waals surface area contributed by atoms with Gasteiger partial charge in [-0.25, -0.2) is 9.97 Å². The van der Waals surface area contributed by atoms with E-state index in [9.17, 15) is 5.11 Å². The molecule has 1 aromatic heterocycles. The van der Waals surface area contributed by atoms with Crippen molar-refractivity contribution in [3.63, 3.8) is 0 Å². The molecular weight excluding hydrogens is 306 g/mol. The highest BCUT2D eigenvalue weighted by Gasteiger charge is 2.33. The Balaban J connectivity index is 2.16. The van der Waals surface area contributed by atoms with E-state index in [0.29, 0.717) is 0 Å². The molecule has 5 heteroatoms. The molecule has 19 heavy (non-hydrogen) atoms. The van der Waals surface area contributed by atoms with Gasteiger partial charge in [-0.3, -0.25) is 0 Å². The molecule has 0 aliphatic heterocycles. The SMILES string of the molecule is CCc1nc(Br)cc(NC2(CO)CCC(C)CC2)n1. The highest BCUT2D eigenvalue weighted by molar-refractivity contribution is 9.10. The summed E-state index contributed by atoms with van der Waals surface area (Å²) in [5.41, 5.74) is -0.217. The second kappa shape index (κ2) is 6.18. The summed E-state index contributed by atoms with van der Waals surface area (Å²) < 4.78 is 0.791. The van der Waals surface area contributed by atoms with Gasteiger partial charge in [0.25, 0.3) is 0 Å². The number of rotatable bonds is 4. The second-order valence-corrected chi connectivity index (χ2v) is 6.40. The van der Waals surface area contributed by atoms with Crippen molar-refractivity contribution in [1.29, 1.82) is 0 Å². The van der Waals surface area contributed by atoms with Crippen LogP contribution in [0.25, 0.3) is 0 Å². The topological polar surface area (TPSA) is 58.0 Å². The highest BCUT2D eigenvalue weighted by atomic mass is 79.9. The Morgan fingerprint density at radius 2 is 2.11 bits per heavy atom. The van der Waals surface area contributed by atoms with Crippen molar-refractivity contribution in [3.05, 3.63) is 16.5 Å². The molecule has 4 nitrogen and oxygen atoms in total. The second-order valence-electron chi connectivity index (χ2n) is 5.59. The van der Waals surface area contributed by atoms with Gasteiger partial charge in [-0.15, -0.1) is 0 Å². The zero-order valence-corrected chi connectivity index (χ0v) is 13.2. The molecule has 0 bridgehead atoms. The Morgan fingerprint density at radius 3 is 2.68 bits per heavy atom. The van der Waals surface area contributed by atoms with Gasteiger partial charge in [0.1, 0.15) is 16.2 Å². The van der Waals surface area contributed by atoms with E-state index >= 15 is 0 Å². The van der Waals surface area contributed by atoms with Crippen LogP contribution in [0, 0.1) is 5.92 Å². The molecule has 0 spiro atoms. The molecule has 1 heterocycles. The number of nitrogens with one attached hydrogen (secondary N) is 1. The molecule has 1 aliphatic carbocycles. The Bertz CT molecular complexity index is 431. The van der Waals surface area contributed by atoms with Crippen LogP contribution < -0.4 is 5.32 Å². The molecule has 1 fully saturated rings. The highest BCUT2D eigenvalue weighted by Crippen LogP contribution is 2.34. The molecule has 1 aliphatic rings. The summed E-state index contributed by atoms with van der Waals surface area (Å²) in [6.07, 6.45) is 5.10. The maximum absolute atomic E-state index is 9.77. The Labute approximate surface area is 123 Å². The monoisotopic (exact) mass is 327 g/mol. The van der Waals surface area contributed by atoms with Crippen molar-refractivity contribution < 1.29 is 5.11 Å². The van der Waals surface area contributed by atoms with Gasteiger partial charge in [-0.05, 0) is 47.5 Å². The molecule has 0 saturated heterocycles. The average molecular weight is 328 g/mol. The predicted octanol–water partition coefficient (Wildman–Crippen LogP) is 3.15. The molecule has 2 N–H and O–H groups in total. The quantitative estimate of drug-likeness (QED) is 0.834. The summed E-state index contributed by atoms with van der Waals surface area (Å²) in [6, 6.07) is 1.88. The first-order valence-corrected chi connectivity index (χ1v) is 7.79. The van der Waals surface area contributed by atoms with Gasteiger partial charge in [0, 0.05) is 12.5 Å². The van der Waals surface area contributed by atoms with E-state index in [1.54, 1.807) is 0 Å². The van der Waals surface area contributed by atoms with Crippen LogP contribution >= 0.6 is 15.9 Å². The van der Waals surface area contributed by atoms with E-state index in [2.05, 4.69) is 38.1 Å². The molecule has 0 amide bonds. The van der Waals surface area contributed by atoms with Crippen molar-refractivity contribution in [2.75, 3.05) is 11.9 Å². The number of hydrogen-bond acceptors (Lipinski definition) is 4. The van der Waals surface area contributed by atoms with Crippen molar-refractivity contribution in [2.45, 2.75) is 51.5 Å². The van der Waals surface area contributed by atoms with Crippen LogP contribution in [0.5, 0.6) is 0 Å². The summed E-state index contributed by atoms with van der Waals surface area (Å²) in [6.45, 7) is 4.47. The first-order chi connectivity index (χ1) is 9.07. The average Bonchev–Trinajstić information content (AvgIpc) is 2.41. The molecule has 1 saturated carbocycles. The van der Waals surface area contributed by atoms with Gasteiger partial charge in [-0.2, -0.15) is 0 Å². The molecule has 2 rings (SSSR count). The van der Waals surface area contributed by atoms with Gasteiger partial charge in [0.15, 0.2) is 0 Å². The van der Waals surface area contributed by atoms with E-state index in [4.69, 9.17) is 0 Å². The van der Waals surface area contributed by atoms with Crippen molar-refractivity contribution in [1.82, 2.24) is 9.97 Å². The van der Waals surface area contributed by atoms with Crippen LogP contribution in [0.2, 0.25) is 0 Å². The first kappa shape index (κ1) is 14.7. The van der Waals surface area contributed by atoms with Crippen LogP contribution in [0.1, 0.15) is 45.4 Å². The minimum atomic E-state index is -0.217. The Morgan fingerprint density at radius 1 is 1.42 bits per heavy atom. The van der Waals surface area contributed by atoms with Crippen molar-refractivity contribution >= 4 is 21.7 Å². The minimum absolute atomic E-state index is 0.156. The number of aliphatic hydroxyl groups is 1. The van der Waals surface area contributed by atoms with Gasteiger partial charge in [-0.1, -0.05) is 13.8 Å². The third-order valence-electron chi connectivity index (χ3n) is 3.98. The number of anilines is 1. The van der Waals surface area contributed by atoms with Crippen LogP contribution in [0.3, 0.4) is 0 Å². The maximum atomic E-state index is 9.77. The minimum Gasteiger partial charge on any atom is -0.394 e. The fraction of sp³-hybridized carbons (Fsp3) is 0.714. The summed E-state index contributed by atoms with van der Waals surface area (Å²) in [5.74, 6) is 2.38. The van der Waals surface area contributed by atoms with E-state index < -0.39 is 0 Å². The Hall–Kier alpha value is -0.680. The number of aromatic nitrogens is 2. The van der Waals surface area contributed by atoms with Gasteiger partial charge in [0.05, 0.1) is 12.1 Å². The lowest BCUT2D eigenvalue weighted by Crippen LogP contribution is -2.45. The fourth-order valence-corrected chi connectivity index (χ4v) is 3.02. The van der Waals surface area contributed by atoms with Crippen LogP contribution in [0.15, 0.2) is 10.7 Å². The molecule has 0 radical (unpaired) electrons. The summed E-state index contributed by atoms with van der Waals surface area (Å²) >= 11 is 3.41.